The van der Waals surface area contributed by atoms with Gasteiger partial charge in [-0.15, -0.1) is 0 Å². The van der Waals surface area contributed by atoms with Crippen LogP contribution in [-0.4, -0.2) is 15.9 Å². The number of benzene rings is 1. The van der Waals surface area contributed by atoms with Gasteiger partial charge in [0.25, 0.3) is 5.91 Å². The average Bonchev–Trinajstić information content (AvgIpc) is 2.26. The van der Waals surface area contributed by atoms with Crippen LogP contribution in [0.25, 0.3) is 11.0 Å². The van der Waals surface area contributed by atoms with Crippen molar-refractivity contribution < 1.29 is 18.0 Å². The molecule has 0 saturated heterocycles. The van der Waals surface area contributed by atoms with Crippen molar-refractivity contribution in [1.29, 1.82) is 0 Å². The van der Waals surface area contributed by atoms with Crippen molar-refractivity contribution in [1.82, 2.24) is 9.97 Å². The highest BCUT2D eigenvalue weighted by molar-refractivity contribution is 5.92. The number of hydrogen-bond acceptors (Lipinski definition) is 3. The molecule has 0 aliphatic heterocycles. The van der Waals surface area contributed by atoms with Crippen LogP contribution in [0.3, 0.4) is 0 Å². The first-order valence-corrected chi connectivity index (χ1v) is 4.52. The molecule has 0 saturated carbocycles. The Balaban J connectivity index is 2.58. The topological polar surface area (TPSA) is 68.9 Å². The lowest BCUT2D eigenvalue weighted by Gasteiger charge is -2.07. The highest BCUT2D eigenvalue weighted by Gasteiger charge is 2.30. The van der Waals surface area contributed by atoms with Crippen LogP contribution < -0.4 is 5.73 Å². The fraction of sp³-hybridized carbons (Fsp3) is 0.100. The van der Waals surface area contributed by atoms with E-state index in [2.05, 4.69) is 9.97 Å². The van der Waals surface area contributed by atoms with Crippen LogP contribution in [0.4, 0.5) is 13.2 Å². The summed E-state index contributed by atoms with van der Waals surface area (Å²) >= 11 is 0. The zero-order valence-corrected chi connectivity index (χ0v) is 8.32. The molecule has 1 heterocycles. The summed E-state index contributed by atoms with van der Waals surface area (Å²) in [4.78, 5) is 18.3. The maximum Gasteiger partial charge on any atom is 0.416 e. The number of halogens is 3. The monoisotopic (exact) mass is 241 g/mol. The molecule has 2 N–H and O–H groups in total. The van der Waals surface area contributed by atoms with Crippen LogP contribution in [0.5, 0.6) is 0 Å². The molecule has 17 heavy (non-hydrogen) atoms. The van der Waals surface area contributed by atoms with Gasteiger partial charge in [-0.05, 0) is 18.2 Å². The van der Waals surface area contributed by atoms with Gasteiger partial charge in [0.05, 0.1) is 22.8 Å². The SMILES string of the molecule is NC(=O)c1cnc2cc(C(F)(F)F)ccc2n1. The number of fused-ring (bicyclic) bond motifs is 1. The highest BCUT2D eigenvalue weighted by atomic mass is 19.4. The van der Waals surface area contributed by atoms with Gasteiger partial charge in [0.15, 0.2) is 0 Å². The molecule has 0 spiro atoms. The molecule has 1 amide bonds. The van der Waals surface area contributed by atoms with E-state index >= 15 is 0 Å². The second kappa shape index (κ2) is 3.69. The van der Waals surface area contributed by atoms with E-state index in [1.807, 2.05) is 0 Å². The summed E-state index contributed by atoms with van der Waals surface area (Å²) in [6.45, 7) is 0. The van der Waals surface area contributed by atoms with Crippen molar-refractivity contribution in [2.24, 2.45) is 5.73 Å². The minimum absolute atomic E-state index is 0.0600. The Morgan fingerprint density at radius 2 is 1.94 bits per heavy atom. The molecule has 2 rings (SSSR count). The van der Waals surface area contributed by atoms with Gasteiger partial charge in [0.2, 0.25) is 0 Å². The number of nitrogens with zero attached hydrogens (tertiary/aromatic N) is 2. The third-order valence-electron chi connectivity index (χ3n) is 2.12. The third kappa shape index (κ3) is 2.17. The van der Waals surface area contributed by atoms with Crippen molar-refractivity contribution in [3.8, 4) is 0 Å². The second-order valence-electron chi connectivity index (χ2n) is 3.32. The lowest BCUT2D eigenvalue weighted by molar-refractivity contribution is -0.137. The molecule has 0 atom stereocenters. The van der Waals surface area contributed by atoms with E-state index in [0.717, 1.165) is 24.4 Å². The number of nitrogens with two attached hydrogens (primary N) is 1. The molecular weight excluding hydrogens is 235 g/mol. The van der Waals surface area contributed by atoms with Gasteiger partial charge in [-0.2, -0.15) is 13.2 Å². The lowest BCUT2D eigenvalue weighted by Crippen LogP contribution is -2.13. The van der Waals surface area contributed by atoms with Gasteiger partial charge in [0.1, 0.15) is 5.69 Å². The number of hydrogen-bond donors (Lipinski definition) is 1. The Hall–Kier alpha value is -2.18. The maximum atomic E-state index is 12.4. The summed E-state index contributed by atoms with van der Waals surface area (Å²) in [5.74, 6) is -0.778. The van der Waals surface area contributed by atoms with Crippen LogP contribution in [0.2, 0.25) is 0 Å². The Morgan fingerprint density at radius 1 is 1.24 bits per heavy atom. The van der Waals surface area contributed by atoms with E-state index in [1.165, 1.54) is 0 Å². The molecule has 0 aliphatic rings. The fourth-order valence-corrected chi connectivity index (χ4v) is 1.31. The van der Waals surface area contributed by atoms with Gasteiger partial charge in [-0.25, -0.2) is 4.98 Å². The van der Waals surface area contributed by atoms with Crippen LogP contribution >= 0.6 is 0 Å². The molecule has 0 bridgehead atoms. The van der Waals surface area contributed by atoms with E-state index in [9.17, 15) is 18.0 Å². The van der Waals surface area contributed by atoms with Crippen molar-refractivity contribution in [2.75, 3.05) is 0 Å². The summed E-state index contributed by atoms with van der Waals surface area (Å²) in [5, 5.41) is 0. The molecule has 2 aromatic rings. The quantitative estimate of drug-likeness (QED) is 0.826. The number of amides is 1. The molecule has 1 aromatic heterocycles. The van der Waals surface area contributed by atoms with Crippen LogP contribution in [0.1, 0.15) is 16.1 Å². The zero-order chi connectivity index (χ0) is 12.6. The van der Waals surface area contributed by atoms with E-state index in [1.54, 1.807) is 0 Å². The second-order valence-corrected chi connectivity index (χ2v) is 3.32. The summed E-state index contributed by atoms with van der Waals surface area (Å²) in [7, 11) is 0. The minimum Gasteiger partial charge on any atom is -0.364 e. The molecule has 4 nitrogen and oxygen atoms in total. The summed E-state index contributed by atoms with van der Waals surface area (Å²) in [6, 6.07) is 2.90. The summed E-state index contributed by atoms with van der Waals surface area (Å²) in [5.41, 5.74) is 4.33. The largest absolute Gasteiger partial charge is 0.416 e. The van der Waals surface area contributed by atoms with Gasteiger partial charge < -0.3 is 5.73 Å². The smallest absolute Gasteiger partial charge is 0.364 e. The fourth-order valence-electron chi connectivity index (χ4n) is 1.31. The van der Waals surface area contributed by atoms with Gasteiger partial charge in [0, 0.05) is 0 Å². The van der Waals surface area contributed by atoms with Crippen molar-refractivity contribution >= 4 is 16.9 Å². The molecule has 7 heteroatoms. The van der Waals surface area contributed by atoms with Gasteiger partial charge in [-0.3, -0.25) is 9.78 Å². The van der Waals surface area contributed by atoms with Crippen molar-refractivity contribution in [3.05, 3.63) is 35.7 Å². The van der Waals surface area contributed by atoms with E-state index in [4.69, 9.17) is 5.73 Å². The number of aromatic nitrogens is 2. The van der Waals surface area contributed by atoms with Gasteiger partial charge in [-0.1, -0.05) is 0 Å². The number of alkyl halides is 3. The summed E-state index contributed by atoms with van der Waals surface area (Å²) in [6.07, 6.45) is -3.39. The third-order valence-corrected chi connectivity index (χ3v) is 2.12. The number of primary amides is 1. The molecule has 88 valence electrons. The average molecular weight is 241 g/mol. The van der Waals surface area contributed by atoms with Crippen molar-refractivity contribution in [2.45, 2.75) is 6.18 Å². The molecular formula is C10H6F3N3O. The van der Waals surface area contributed by atoms with E-state index < -0.39 is 17.6 Å². The molecule has 0 unspecified atom stereocenters. The molecule has 1 aromatic carbocycles. The number of carbonyl (C=O) groups excluding carboxylic acids is 1. The number of carbonyl (C=O) groups is 1. The van der Waals surface area contributed by atoms with Gasteiger partial charge >= 0.3 is 6.18 Å². The van der Waals surface area contributed by atoms with E-state index in [-0.39, 0.29) is 16.7 Å². The zero-order valence-electron chi connectivity index (χ0n) is 8.32. The van der Waals surface area contributed by atoms with E-state index in [0.29, 0.717) is 0 Å². The Kier molecular flexibility index (Phi) is 2.45. The minimum atomic E-state index is -4.43. The Bertz CT molecular complexity index is 595. The molecule has 0 aliphatic carbocycles. The first kappa shape index (κ1) is 11.3. The van der Waals surface area contributed by atoms with Crippen molar-refractivity contribution in [3.63, 3.8) is 0 Å². The lowest BCUT2D eigenvalue weighted by atomic mass is 10.2. The Labute approximate surface area is 93.3 Å². The molecule has 0 radical (unpaired) electrons. The molecule has 0 fully saturated rings. The number of rotatable bonds is 1. The standard InChI is InChI=1S/C10H6F3N3O/c11-10(12,13)5-1-2-6-7(3-5)15-4-8(16-6)9(14)17/h1-4H,(H2,14,17). The normalized spacial score (nSPS) is 11.7. The first-order chi connectivity index (χ1) is 7.88. The van der Waals surface area contributed by atoms with Crippen LogP contribution in [0.15, 0.2) is 24.4 Å². The van der Waals surface area contributed by atoms with Crippen LogP contribution in [0, 0.1) is 0 Å². The first-order valence-electron chi connectivity index (χ1n) is 4.52. The predicted molar refractivity (Wildman–Crippen MR) is 53.1 cm³/mol. The Morgan fingerprint density at radius 3 is 2.53 bits per heavy atom. The highest BCUT2D eigenvalue weighted by Crippen LogP contribution is 2.30. The maximum absolute atomic E-state index is 12.4. The summed E-state index contributed by atoms with van der Waals surface area (Å²) < 4.78 is 37.2. The predicted octanol–water partition coefficient (Wildman–Crippen LogP) is 1.75. The van der Waals surface area contributed by atoms with Crippen LogP contribution in [-0.2, 0) is 6.18 Å².